The molecule has 0 aliphatic heterocycles. The SMILES string of the molecule is CCCOC(=O)C(C(C)C)N(C)C. The lowest BCUT2D eigenvalue weighted by Gasteiger charge is -2.25. The summed E-state index contributed by atoms with van der Waals surface area (Å²) in [5, 5.41) is 0. The van der Waals surface area contributed by atoms with Crippen molar-refractivity contribution in [2.24, 2.45) is 5.92 Å². The number of likely N-dealkylation sites (N-methyl/N-ethyl adjacent to an activating group) is 1. The molecule has 0 fully saturated rings. The van der Waals surface area contributed by atoms with Crippen molar-refractivity contribution in [1.82, 2.24) is 4.90 Å². The van der Waals surface area contributed by atoms with Gasteiger partial charge in [-0.25, -0.2) is 0 Å². The van der Waals surface area contributed by atoms with Crippen LogP contribution >= 0.6 is 0 Å². The third kappa shape index (κ3) is 4.27. The number of ether oxygens (including phenoxy) is 1. The Kier molecular flexibility index (Phi) is 5.71. The molecule has 0 aliphatic rings. The second-order valence-electron chi connectivity index (χ2n) is 3.82. The van der Waals surface area contributed by atoms with E-state index in [1.807, 2.05) is 39.8 Å². The van der Waals surface area contributed by atoms with Gasteiger partial charge in [-0.05, 0) is 26.4 Å². The van der Waals surface area contributed by atoms with Crippen molar-refractivity contribution in [2.75, 3.05) is 20.7 Å². The molecule has 0 rings (SSSR count). The van der Waals surface area contributed by atoms with Crippen LogP contribution in [0.1, 0.15) is 27.2 Å². The van der Waals surface area contributed by atoms with Gasteiger partial charge < -0.3 is 4.74 Å². The van der Waals surface area contributed by atoms with Crippen molar-refractivity contribution < 1.29 is 9.53 Å². The first-order chi connectivity index (χ1) is 6.00. The summed E-state index contributed by atoms with van der Waals surface area (Å²) in [7, 11) is 3.80. The summed E-state index contributed by atoms with van der Waals surface area (Å²) in [5.41, 5.74) is 0. The van der Waals surface area contributed by atoms with Crippen LogP contribution in [-0.4, -0.2) is 37.6 Å². The molecular formula is C10H21NO2. The predicted molar refractivity (Wildman–Crippen MR) is 53.6 cm³/mol. The first-order valence-corrected chi connectivity index (χ1v) is 4.83. The van der Waals surface area contributed by atoms with Crippen LogP contribution in [0.4, 0.5) is 0 Å². The Labute approximate surface area is 81.1 Å². The van der Waals surface area contributed by atoms with Gasteiger partial charge in [0.05, 0.1) is 6.61 Å². The average Bonchev–Trinajstić information content (AvgIpc) is 1.99. The molecule has 0 N–H and O–H groups in total. The van der Waals surface area contributed by atoms with Crippen LogP contribution in [0.15, 0.2) is 0 Å². The Balaban J connectivity index is 4.13. The minimum Gasteiger partial charge on any atom is -0.465 e. The molecule has 0 aromatic rings. The van der Waals surface area contributed by atoms with E-state index in [-0.39, 0.29) is 12.0 Å². The molecule has 13 heavy (non-hydrogen) atoms. The van der Waals surface area contributed by atoms with Gasteiger partial charge in [-0.1, -0.05) is 20.8 Å². The Morgan fingerprint density at radius 2 is 1.92 bits per heavy atom. The smallest absolute Gasteiger partial charge is 0.323 e. The van der Waals surface area contributed by atoms with Crippen LogP contribution in [0.5, 0.6) is 0 Å². The molecule has 78 valence electrons. The van der Waals surface area contributed by atoms with Gasteiger partial charge in [-0.3, -0.25) is 9.69 Å². The third-order valence-electron chi connectivity index (χ3n) is 1.88. The molecule has 0 spiro atoms. The molecule has 0 saturated heterocycles. The molecule has 0 aliphatic carbocycles. The first-order valence-electron chi connectivity index (χ1n) is 4.83. The van der Waals surface area contributed by atoms with E-state index < -0.39 is 0 Å². The van der Waals surface area contributed by atoms with E-state index in [4.69, 9.17) is 4.74 Å². The normalized spacial score (nSPS) is 13.5. The molecule has 0 radical (unpaired) electrons. The predicted octanol–water partition coefficient (Wildman–Crippen LogP) is 1.53. The molecule has 0 heterocycles. The molecule has 1 atom stereocenters. The van der Waals surface area contributed by atoms with E-state index in [1.165, 1.54) is 0 Å². The van der Waals surface area contributed by atoms with E-state index in [0.717, 1.165) is 6.42 Å². The zero-order valence-corrected chi connectivity index (χ0v) is 9.33. The second kappa shape index (κ2) is 5.97. The van der Waals surface area contributed by atoms with E-state index in [0.29, 0.717) is 12.5 Å². The van der Waals surface area contributed by atoms with Crippen LogP contribution in [0.25, 0.3) is 0 Å². The summed E-state index contributed by atoms with van der Waals surface area (Å²) < 4.78 is 5.10. The summed E-state index contributed by atoms with van der Waals surface area (Å²) in [5.74, 6) is 0.182. The molecule has 0 aromatic carbocycles. The van der Waals surface area contributed by atoms with Crippen molar-refractivity contribution in [3.8, 4) is 0 Å². The molecule has 0 amide bonds. The molecule has 0 saturated carbocycles. The van der Waals surface area contributed by atoms with Crippen LogP contribution < -0.4 is 0 Å². The summed E-state index contributed by atoms with van der Waals surface area (Å²) >= 11 is 0. The van der Waals surface area contributed by atoms with Gasteiger partial charge in [-0.15, -0.1) is 0 Å². The van der Waals surface area contributed by atoms with Crippen LogP contribution in [0, 0.1) is 5.92 Å². The lowest BCUT2D eigenvalue weighted by molar-refractivity contribution is -0.150. The standard InChI is InChI=1S/C10H21NO2/c1-6-7-13-10(12)9(8(2)3)11(4)5/h8-9H,6-7H2,1-5H3. The Bertz CT molecular complexity index is 147. The van der Waals surface area contributed by atoms with E-state index in [2.05, 4.69) is 0 Å². The molecule has 1 unspecified atom stereocenters. The van der Waals surface area contributed by atoms with E-state index in [9.17, 15) is 4.79 Å². The van der Waals surface area contributed by atoms with Gasteiger partial charge >= 0.3 is 5.97 Å². The van der Waals surface area contributed by atoms with Crippen molar-refractivity contribution in [3.05, 3.63) is 0 Å². The topological polar surface area (TPSA) is 29.5 Å². The molecular weight excluding hydrogens is 166 g/mol. The number of rotatable bonds is 5. The highest BCUT2D eigenvalue weighted by atomic mass is 16.5. The van der Waals surface area contributed by atoms with E-state index in [1.54, 1.807) is 0 Å². The third-order valence-corrected chi connectivity index (χ3v) is 1.88. The van der Waals surface area contributed by atoms with Crippen LogP contribution in [0.3, 0.4) is 0 Å². The van der Waals surface area contributed by atoms with Crippen molar-refractivity contribution in [3.63, 3.8) is 0 Å². The minimum atomic E-state index is -0.119. The van der Waals surface area contributed by atoms with Crippen molar-refractivity contribution in [2.45, 2.75) is 33.2 Å². The average molecular weight is 187 g/mol. The second-order valence-corrected chi connectivity index (χ2v) is 3.82. The summed E-state index contributed by atoms with van der Waals surface area (Å²) in [6.07, 6.45) is 0.879. The summed E-state index contributed by atoms with van der Waals surface area (Å²) in [6, 6.07) is -0.119. The fourth-order valence-corrected chi connectivity index (χ4v) is 1.37. The molecule has 0 aromatic heterocycles. The van der Waals surface area contributed by atoms with Gasteiger partial charge in [0.1, 0.15) is 6.04 Å². The first kappa shape index (κ1) is 12.4. The maximum absolute atomic E-state index is 11.5. The monoisotopic (exact) mass is 187 g/mol. The summed E-state index contributed by atoms with van der Waals surface area (Å²) in [6.45, 7) is 6.57. The Morgan fingerprint density at radius 1 is 1.38 bits per heavy atom. The molecule has 0 bridgehead atoms. The quantitative estimate of drug-likeness (QED) is 0.611. The Morgan fingerprint density at radius 3 is 2.23 bits per heavy atom. The highest BCUT2D eigenvalue weighted by Crippen LogP contribution is 2.09. The largest absolute Gasteiger partial charge is 0.465 e. The number of hydrogen-bond acceptors (Lipinski definition) is 3. The number of carbonyl (C=O) groups is 1. The number of nitrogens with zero attached hydrogens (tertiary/aromatic N) is 1. The fourth-order valence-electron chi connectivity index (χ4n) is 1.37. The fraction of sp³-hybridized carbons (Fsp3) is 0.900. The maximum atomic E-state index is 11.5. The van der Waals surface area contributed by atoms with Crippen molar-refractivity contribution >= 4 is 5.97 Å². The minimum absolute atomic E-state index is 0.109. The zero-order chi connectivity index (χ0) is 10.4. The highest BCUT2D eigenvalue weighted by Gasteiger charge is 2.25. The Hall–Kier alpha value is -0.570. The number of hydrogen-bond donors (Lipinski definition) is 0. The van der Waals surface area contributed by atoms with Gasteiger partial charge in [0.2, 0.25) is 0 Å². The van der Waals surface area contributed by atoms with E-state index >= 15 is 0 Å². The number of esters is 1. The van der Waals surface area contributed by atoms with Crippen molar-refractivity contribution in [1.29, 1.82) is 0 Å². The lowest BCUT2D eigenvalue weighted by atomic mass is 10.0. The lowest BCUT2D eigenvalue weighted by Crippen LogP contribution is -2.41. The van der Waals surface area contributed by atoms with Gasteiger partial charge in [0.15, 0.2) is 0 Å². The van der Waals surface area contributed by atoms with Gasteiger partial charge in [0, 0.05) is 0 Å². The molecule has 3 heteroatoms. The van der Waals surface area contributed by atoms with Gasteiger partial charge in [-0.2, -0.15) is 0 Å². The number of carbonyl (C=O) groups excluding carboxylic acids is 1. The molecule has 3 nitrogen and oxygen atoms in total. The van der Waals surface area contributed by atoms with Gasteiger partial charge in [0.25, 0.3) is 0 Å². The maximum Gasteiger partial charge on any atom is 0.323 e. The van der Waals surface area contributed by atoms with Crippen LogP contribution in [-0.2, 0) is 9.53 Å². The highest BCUT2D eigenvalue weighted by molar-refractivity contribution is 5.76. The zero-order valence-electron chi connectivity index (χ0n) is 9.33. The van der Waals surface area contributed by atoms with Crippen LogP contribution in [0.2, 0.25) is 0 Å². The summed E-state index contributed by atoms with van der Waals surface area (Å²) in [4.78, 5) is 13.4.